The van der Waals surface area contributed by atoms with Crippen LogP contribution >= 0.6 is 0 Å². The molecule has 1 aromatic carbocycles. The third-order valence-electron chi connectivity index (χ3n) is 3.03. The molecule has 0 bridgehead atoms. The molecule has 1 aliphatic rings. The Morgan fingerprint density at radius 1 is 1.38 bits per heavy atom. The minimum atomic E-state index is 0.586. The standard InChI is InChI=1S/C13H20N2O/c14-7-3-8-15-10-11-6-9-16-13-5-2-1-4-12(11)13/h1-2,4-5,11,15H,3,6-10,14H2. The summed E-state index contributed by atoms with van der Waals surface area (Å²) >= 11 is 0. The van der Waals surface area contributed by atoms with Crippen LogP contribution in [0.3, 0.4) is 0 Å². The third-order valence-corrected chi connectivity index (χ3v) is 3.03. The Morgan fingerprint density at radius 2 is 2.25 bits per heavy atom. The van der Waals surface area contributed by atoms with Crippen molar-refractivity contribution in [2.45, 2.75) is 18.8 Å². The lowest BCUT2D eigenvalue weighted by molar-refractivity contribution is 0.264. The van der Waals surface area contributed by atoms with E-state index < -0.39 is 0 Å². The molecule has 88 valence electrons. The third kappa shape index (κ3) is 2.74. The van der Waals surface area contributed by atoms with Crippen molar-refractivity contribution < 1.29 is 4.74 Å². The minimum absolute atomic E-state index is 0.586. The summed E-state index contributed by atoms with van der Waals surface area (Å²) in [7, 11) is 0. The molecule has 16 heavy (non-hydrogen) atoms. The van der Waals surface area contributed by atoms with Crippen molar-refractivity contribution in [1.82, 2.24) is 5.32 Å². The lowest BCUT2D eigenvalue weighted by atomic mass is 9.93. The van der Waals surface area contributed by atoms with Crippen LogP contribution in [-0.2, 0) is 0 Å². The van der Waals surface area contributed by atoms with E-state index in [0.29, 0.717) is 5.92 Å². The normalized spacial score (nSPS) is 18.9. The van der Waals surface area contributed by atoms with Crippen molar-refractivity contribution in [2.75, 3.05) is 26.2 Å². The lowest BCUT2D eigenvalue weighted by Gasteiger charge is -2.26. The zero-order valence-corrected chi connectivity index (χ0v) is 9.61. The molecular weight excluding hydrogens is 200 g/mol. The number of fused-ring (bicyclic) bond motifs is 1. The molecule has 0 fully saturated rings. The minimum Gasteiger partial charge on any atom is -0.493 e. The van der Waals surface area contributed by atoms with Crippen molar-refractivity contribution in [2.24, 2.45) is 5.73 Å². The van der Waals surface area contributed by atoms with E-state index in [1.54, 1.807) is 0 Å². The summed E-state index contributed by atoms with van der Waals surface area (Å²) in [6, 6.07) is 8.34. The van der Waals surface area contributed by atoms with Gasteiger partial charge in [0.2, 0.25) is 0 Å². The Morgan fingerprint density at radius 3 is 3.12 bits per heavy atom. The van der Waals surface area contributed by atoms with Gasteiger partial charge in [-0.1, -0.05) is 18.2 Å². The van der Waals surface area contributed by atoms with Crippen LogP contribution in [0.1, 0.15) is 24.3 Å². The molecule has 3 heteroatoms. The monoisotopic (exact) mass is 220 g/mol. The van der Waals surface area contributed by atoms with E-state index >= 15 is 0 Å². The van der Waals surface area contributed by atoms with Gasteiger partial charge >= 0.3 is 0 Å². The second kappa shape index (κ2) is 5.87. The van der Waals surface area contributed by atoms with Gasteiger partial charge in [-0.15, -0.1) is 0 Å². The van der Waals surface area contributed by atoms with Crippen LogP contribution in [0.25, 0.3) is 0 Å². The molecule has 0 radical (unpaired) electrons. The molecular formula is C13H20N2O. The van der Waals surface area contributed by atoms with Gasteiger partial charge in [0.25, 0.3) is 0 Å². The Bertz CT molecular complexity index is 327. The summed E-state index contributed by atoms with van der Waals surface area (Å²) in [6.07, 6.45) is 2.15. The predicted octanol–water partition coefficient (Wildman–Crippen LogP) is 1.49. The van der Waals surface area contributed by atoms with E-state index in [-0.39, 0.29) is 0 Å². The number of nitrogens with one attached hydrogen (secondary N) is 1. The van der Waals surface area contributed by atoms with Crippen molar-refractivity contribution in [3.63, 3.8) is 0 Å². The van der Waals surface area contributed by atoms with E-state index in [1.807, 2.05) is 6.07 Å². The number of hydrogen-bond donors (Lipinski definition) is 2. The number of benzene rings is 1. The van der Waals surface area contributed by atoms with Gasteiger partial charge in [0.1, 0.15) is 5.75 Å². The molecule has 0 aliphatic carbocycles. The van der Waals surface area contributed by atoms with Gasteiger partial charge < -0.3 is 15.8 Å². The van der Waals surface area contributed by atoms with Crippen molar-refractivity contribution >= 4 is 0 Å². The van der Waals surface area contributed by atoms with Gasteiger partial charge in [-0.2, -0.15) is 0 Å². The first-order valence-corrected chi connectivity index (χ1v) is 6.04. The highest BCUT2D eigenvalue weighted by atomic mass is 16.5. The fourth-order valence-corrected chi connectivity index (χ4v) is 2.13. The van der Waals surface area contributed by atoms with Gasteiger partial charge in [0.15, 0.2) is 0 Å². The van der Waals surface area contributed by atoms with E-state index in [4.69, 9.17) is 10.5 Å². The van der Waals surface area contributed by atoms with Crippen LogP contribution in [0.2, 0.25) is 0 Å². The second-order valence-electron chi connectivity index (χ2n) is 4.22. The first-order chi connectivity index (χ1) is 7.92. The van der Waals surface area contributed by atoms with E-state index in [0.717, 1.165) is 44.8 Å². The molecule has 0 spiro atoms. The predicted molar refractivity (Wildman–Crippen MR) is 65.8 cm³/mol. The van der Waals surface area contributed by atoms with Crippen LogP contribution in [0.5, 0.6) is 5.75 Å². The topological polar surface area (TPSA) is 47.3 Å². The Balaban J connectivity index is 1.91. The number of rotatable bonds is 5. The van der Waals surface area contributed by atoms with Crippen molar-refractivity contribution in [3.8, 4) is 5.75 Å². The Labute approximate surface area is 97.0 Å². The Hall–Kier alpha value is -1.06. The number of nitrogens with two attached hydrogens (primary N) is 1. The van der Waals surface area contributed by atoms with E-state index in [9.17, 15) is 0 Å². The average Bonchev–Trinajstić information content (AvgIpc) is 2.35. The highest BCUT2D eigenvalue weighted by Crippen LogP contribution is 2.32. The first-order valence-electron chi connectivity index (χ1n) is 6.04. The highest BCUT2D eigenvalue weighted by molar-refractivity contribution is 5.37. The summed E-state index contributed by atoms with van der Waals surface area (Å²) < 4.78 is 5.63. The first kappa shape index (κ1) is 11.4. The summed E-state index contributed by atoms with van der Waals surface area (Å²) in [5.74, 6) is 1.64. The summed E-state index contributed by atoms with van der Waals surface area (Å²) in [5.41, 5.74) is 6.81. The van der Waals surface area contributed by atoms with E-state index in [2.05, 4.69) is 23.5 Å². The smallest absolute Gasteiger partial charge is 0.122 e. The van der Waals surface area contributed by atoms with Crippen LogP contribution in [0.15, 0.2) is 24.3 Å². The molecule has 1 unspecified atom stereocenters. The molecule has 0 saturated heterocycles. The van der Waals surface area contributed by atoms with Gasteiger partial charge in [0, 0.05) is 12.5 Å². The molecule has 3 N–H and O–H groups in total. The molecule has 1 aliphatic heterocycles. The number of hydrogen-bond acceptors (Lipinski definition) is 3. The quantitative estimate of drug-likeness (QED) is 0.739. The highest BCUT2D eigenvalue weighted by Gasteiger charge is 2.20. The molecule has 2 rings (SSSR count). The van der Waals surface area contributed by atoms with Crippen LogP contribution < -0.4 is 15.8 Å². The molecule has 0 aromatic heterocycles. The maximum atomic E-state index is 5.63. The van der Waals surface area contributed by atoms with Crippen LogP contribution in [0.4, 0.5) is 0 Å². The second-order valence-corrected chi connectivity index (χ2v) is 4.22. The molecule has 0 saturated carbocycles. The Kier molecular flexibility index (Phi) is 4.19. The van der Waals surface area contributed by atoms with Gasteiger partial charge in [-0.05, 0) is 37.6 Å². The van der Waals surface area contributed by atoms with Gasteiger partial charge in [-0.3, -0.25) is 0 Å². The fourth-order valence-electron chi connectivity index (χ4n) is 2.13. The van der Waals surface area contributed by atoms with Crippen molar-refractivity contribution in [3.05, 3.63) is 29.8 Å². The summed E-state index contributed by atoms with van der Waals surface area (Å²) in [4.78, 5) is 0. The maximum Gasteiger partial charge on any atom is 0.122 e. The van der Waals surface area contributed by atoms with Crippen LogP contribution in [-0.4, -0.2) is 26.2 Å². The molecule has 3 nitrogen and oxygen atoms in total. The van der Waals surface area contributed by atoms with Gasteiger partial charge in [-0.25, -0.2) is 0 Å². The SMILES string of the molecule is NCCCNCC1CCOc2ccccc21. The molecule has 0 amide bonds. The van der Waals surface area contributed by atoms with Gasteiger partial charge in [0.05, 0.1) is 6.61 Å². The molecule has 1 aromatic rings. The summed E-state index contributed by atoms with van der Waals surface area (Å²) in [5, 5.41) is 3.46. The lowest BCUT2D eigenvalue weighted by Crippen LogP contribution is -2.27. The maximum absolute atomic E-state index is 5.63. The number of para-hydroxylation sites is 1. The van der Waals surface area contributed by atoms with E-state index in [1.165, 1.54) is 5.56 Å². The molecule has 1 heterocycles. The zero-order valence-electron chi connectivity index (χ0n) is 9.61. The largest absolute Gasteiger partial charge is 0.493 e. The van der Waals surface area contributed by atoms with Crippen molar-refractivity contribution in [1.29, 1.82) is 0 Å². The number of ether oxygens (including phenoxy) is 1. The fraction of sp³-hybridized carbons (Fsp3) is 0.538. The van der Waals surface area contributed by atoms with Crippen LogP contribution in [0, 0.1) is 0 Å². The molecule has 1 atom stereocenters. The average molecular weight is 220 g/mol. The summed E-state index contributed by atoms with van der Waals surface area (Å²) in [6.45, 7) is 3.63. The zero-order chi connectivity index (χ0) is 11.2.